The van der Waals surface area contributed by atoms with E-state index in [1.54, 1.807) is 12.8 Å². The molecule has 6 rings (SSSR count). The molecule has 30 heavy (non-hydrogen) atoms. The molecule has 0 N–H and O–H groups in total. The molecule has 0 heteroatoms. The van der Waals surface area contributed by atoms with E-state index < -0.39 is 0 Å². The van der Waals surface area contributed by atoms with Crippen LogP contribution in [0.25, 0.3) is 0 Å². The van der Waals surface area contributed by atoms with E-state index in [-0.39, 0.29) is 7.43 Å². The Bertz CT molecular complexity index is 439. The first-order valence-corrected chi connectivity index (χ1v) is 13.7. The van der Waals surface area contributed by atoms with E-state index >= 15 is 0 Å². The van der Waals surface area contributed by atoms with Gasteiger partial charge in [-0.25, -0.2) is 0 Å². The Balaban J connectivity index is 0.000000476. The molecule has 0 radical (unpaired) electrons. The SMILES string of the molecule is C.CC.CC.CC(C)CC[C@@H]1CCC2CC1C2(C)C.CCC1CCC2CC1C2(C)C. The van der Waals surface area contributed by atoms with Crippen LogP contribution in [0.5, 0.6) is 0 Å². The Morgan fingerprint density at radius 3 is 1.40 bits per heavy atom. The molecule has 6 aliphatic carbocycles. The fraction of sp³-hybridized carbons (Fsp3) is 1.00. The molecule has 0 aromatic heterocycles. The molecule has 5 unspecified atom stereocenters. The van der Waals surface area contributed by atoms with E-state index in [4.69, 9.17) is 0 Å². The number of hydrogen-bond acceptors (Lipinski definition) is 0. The summed E-state index contributed by atoms with van der Waals surface area (Å²) in [5.41, 5.74) is 1.40. The summed E-state index contributed by atoms with van der Waals surface area (Å²) in [5, 5.41) is 0. The lowest BCUT2D eigenvalue weighted by atomic mass is 9.45. The van der Waals surface area contributed by atoms with Gasteiger partial charge in [-0.05, 0) is 97.2 Å². The van der Waals surface area contributed by atoms with Gasteiger partial charge in [0.25, 0.3) is 0 Å². The standard InChI is InChI=1S/C14H26.C11H20.2C2H6.CH4/c1-10(2)5-6-11-7-8-12-9-13(11)14(12,3)4;1-4-8-5-6-9-7-10(8)11(9,2)3;2*1-2;/h10-13H,5-9H2,1-4H3;8-10H,4-7H2,1-3H3;2*1-2H3;1H4/t11-,12?,13?;;;;/m1..../s1. The molecule has 0 saturated heterocycles. The Morgan fingerprint density at radius 2 is 1.10 bits per heavy atom. The molecule has 0 aromatic rings. The van der Waals surface area contributed by atoms with Crippen molar-refractivity contribution in [2.45, 2.75) is 141 Å². The normalized spacial score (nSPS) is 36.0. The molecular formula is C30H62. The zero-order chi connectivity index (χ0) is 22.4. The zero-order valence-corrected chi connectivity index (χ0v) is 22.4. The minimum atomic E-state index is 0. The first-order chi connectivity index (χ1) is 13.7. The van der Waals surface area contributed by atoms with Crippen molar-refractivity contribution in [3.05, 3.63) is 0 Å². The van der Waals surface area contributed by atoms with Gasteiger partial charge in [0, 0.05) is 0 Å². The van der Waals surface area contributed by atoms with Gasteiger partial charge in [-0.3, -0.25) is 0 Å². The van der Waals surface area contributed by atoms with Gasteiger partial charge in [-0.15, -0.1) is 0 Å². The maximum Gasteiger partial charge on any atom is -0.0295 e. The van der Waals surface area contributed by atoms with Crippen molar-refractivity contribution in [3.63, 3.8) is 0 Å². The van der Waals surface area contributed by atoms with E-state index in [1.165, 1.54) is 44.9 Å². The summed E-state index contributed by atoms with van der Waals surface area (Å²) >= 11 is 0. The molecule has 6 saturated carbocycles. The first kappa shape index (κ1) is 30.0. The summed E-state index contributed by atoms with van der Waals surface area (Å²) in [6.07, 6.45) is 13.6. The van der Waals surface area contributed by atoms with Crippen molar-refractivity contribution < 1.29 is 0 Å². The lowest BCUT2D eigenvalue weighted by Crippen LogP contribution is -2.52. The Labute approximate surface area is 193 Å². The van der Waals surface area contributed by atoms with E-state index in [1.807, 2.05) is 27.7 Å². The summed E-state index contributed by atoms with van der Waals surface area (Å²) in [5.74, 6) is 7.33. The molecule has 6 fully saturated rings. The van der Waals surface area contributed by atoms with Gasteiger partial charge in [-0.1, -0.05) is 96.4 Å². The van der Waals surface area contributed by atoms with Crippen molar-refractivity contribution in [1.82, 2.24) is 0 Å². The zero-order valence-electron chi connectivity index (χ0n) is 22.4. The van der Waals surface area contributed by atoms with Gasteiger partial charge in [0.15, 0.2) is 0 Å². The summed E-state index contributed by atoms with van der Waals surface area (Å²) in [7, 11) is 0. The summed E-state index contributed by atoms with van der Waals surface area (Å²) in [6, 6.07) is 0. The minimum absolute atomic E-state index is 0. The van der Waals surface area contributed by atoms with Crippen LogP contribution >= 0.6 is 0 Å². The molecular weight excluding hydrogens is 360 g/mol. The summed E-state index contributed by atoms with van der Waals surface area (Å²) < 4.78 is 0. The van der Waals surface area contributed by atoms with Crippen LogP contribution < -0.4 is 0 Å². The lowest BCUT2D eigenvalue weighted by molar-refractivity contribution is -0.107. The molecule has 6 atom stereocenters. The summed E-state index contributed by atoms with van der Waals surface area (Å²) in [4.78, 5) is 0. The second-order valence-electron chi connectivity index (χ2n) is 11.8. The maximum absolute atomic E-state index is 2.51. The highest BCUT2D eigenvalue weighted by Crippen LogP contribution is 2.63. The minimum Gasteiger partial charge on any atom is -0.0776 e. The largest absolute Gasteiger partial charge is 0.0776 e. The molecule has 4 bridgehead atoms. The van der Waals surface area contributed by atoms with Crippen LogP contribution in [0.3, 0.4) is 0 Å². The Morgan fingerprint density at radius 1 is 0.700 bits per heavy atom. The van der Waals surface area contributed by atoms with Crippen LogP contribution in [0.15, 0.2) is 0 Å². The highest BCUT2D eigenvalue weighted by Gasteiger charge is 2.54. The molecule has 0 nitrogen and oxygen atoms in total. The topological polar surface area (TPSA) is 0 Å². The second-order valence-corrected chi connectivity index (χ2v) is 11.8. The van der Waals surface area contributed by atoms with Crippen LogP contribution in [-0.2, 0) is 0 Å². The molecule has 0 heterocycles. The van der Waals surface area contributed by atoms with Crippen LogP contribution in [0.1, 0.15) is 141 Å². The summed E-state index contributed by atoms with van der Waals surface area (Å²) in [6.45, 7) is 25.1. The van der Waals surface area contributed by atoms with E-state index in [0.717, 1.165) is 41.4 Å². The Hall–Kier alpha value is 0. The highest BCUT2D eigenvalue weighted by atomic mass is 14.6. The van der Waals surface area contributed by atoms with E-state index in [9.17, 15) is 0 Å². The quantitative estimate of drug-likeness (QED) is 0.422. The second kappa shape index (κ2) is 12.9. The third-order valence-corrected chi connectivity index (χ3v) is 9.64. The van der Waals surface area contributed by atoms with Crippen LogP contribution in [0.2, 0.25) is 0 Å². The average Bonchev–Trinajstić information content (AvgIpc) is 2.75. The fourth-order valence-corrected chi connectivity index (χ4v) is 7.31. The molecule has 182 valence electrons. The molecule has 0 aliphatic heterocycles. The van der Waals surface area contributed by atoms with Crippen molar-refractivity contribution in [3.8, 4) is 0 Å². The van der Waals surface area contributed by atoms with Crippen molar-refractivity contribution in [2.75, 3.05) is 0 Å². The van der Waals surface area contributed by atoms with Crippen molar-refractivity contribution in [2.24, 2.45) is 52.3 Å². The van der Waals surface area contributed by atoms with Gasteiger partial charge in [0.2, 0.25) is 0 Å². The molecule has 0 aromatic carbocycles. The fourth-order valence-electron chi connectivity index (χ4n) is 7.31. The van der Waals surface area contributed by atoms with Gasteiger partial charge in [-0.2, -0.15) is 0 Å². The van der Waals surface area contributed by atoms with Crippen molar-refractivity contribution >= 4 is 0 Å². The number of rotatable bonds is 4. The van der Waals surface area contributed by atoms with Gasteiger partial charge < -0.3 is 0 Å². The predicted molar refractivity (Wildman–Crippen MR) is 140 cm³/mol. The van der Waals surface area contributed by atoms with Crippen LogP contribution in [-0.4, -0.2) is 0 Å². The smallest absolute Gasteiger partial charge is 0.0295 e. The van der Waals surface area contributed by atoms with Gasteiger partial charge in [0.1, 0.15) is 0 Å². The number of fused-ring (bicyclic) bond motifs is 4. The molecule has 0 amide bonds. The maximum atomic E-state index is 2.51. The van der Waals surface area contributed by atoms with E-state index in [0.29, 0.717) is 10.8 Å². The predicted octanol–water partition coefficient (Wildman–Crippen LogP) is 10.7. The third-order valence-electron chi connectivity index (χ3n) is 9.64. The average molecular weight is 423 g/mol. The monoisotopic (exact) mass is 422 g/mol. The Kier molecular flexibility index (Phi) is 12.9. The molecule has 0 spiro atoms. The van der Waals surface area contributed by atoms with Gasteiger partial charge >= 0.3 is 0 Å². The third kappa shape index (κ3) is 6.28. The molecule has 6 aliphatic rings. The first-order valence-electron chi connectivity index (χ1n) is 13.7. The van der Waals surface area contributed by atoms with Crippen LogP contribution in [0.4, 0.5) is 0 Å². The lowest BCUT2D eigenvalue weighted by Gasteiger charge is -2.60. The number of hydrogen-bond donors (Lipinski definition) is 0. The van der Waals surface area contributed by atoms with Crippen LogP contribution in [0, 0.1) is 52.3 Å². The van der Waals surface area contributed by atoms with Crippen molar-refractivity contribution in [1.29, 1.82) is 0 Å². The highest BCUT2D eigenvalue weighted by molar-refractivity contribution is 5.03. The van der Waals surface area contributed by atoms with Gasteiger partial charge in [0.05, 0.1) is 0 Å². The van der Waals surface area contributed by atoms with E-state index in [2.05, 4.69) is 48.5 Å².